The highest BCUT2D eigenvalue weighted by atomic mass is 35.5. The Labute approximate surface area is 157 Å². The van der Waals surface area contributed by atoms with Crippen molar-refractivity contribution in [3.05, 3.63) is 50.7 Å². The van der Waals surface area contributed by atoms with Gasteiger partial charge in [-0.1, -0.05) is 11.6 Å². The lowest BCUT2D eigenvalue weighted by Crippen LogP contribution is -2.68. The van der Waals surface area contributed by atoms with Crippen LogP contribution in [0, 0.1) is 10.1 Å². The highest BCUT2D eigenvalue weighted by Crippen LogP contribution is 2.40. The molecule has 1 aromatic carbocycles. The van der Waals surface area contributed by atoms with Gasteiger partial charge in [-0.3, -0.25) is 19.8 Å². The number of β-lactam (4-membered cyclic amide) rings is 1. The number of benzene rings is 1. The number of hydrogen-bond acceptors (Lipinski definition) is 7. The summed E-state index contributed by atoms with van der Waals surface area (Å²) < 4.78 is 5.18. The van der Waals surface area contributed by atoms with E-state index in [2.05, 4.69) is 0 Å². The predicted octanol–water partition coefficient (Wildman–Crippen LogP) is 1.75. The molecular formula is C14H13Cl2N3O5S. The van der Waals surface area contributed by atoms with Crippen molar-refractivity contribution in [3.63, 3.8) is 0 Å². The van der Waals surface area contributed by atoms with Crippen molar-refractivity contribution < 1.29 is 19.2 Å². The molecule has 2 atom stereocenters. The van der Waals surface area contributed by atoms with Crippen LogP contribution in [0.3, 0.4) is 0 Å². The van der Waals surface area contributed by atoms with Crippen LogP contribution in [0.25, 0.3) is 0 Å². The zero-order chi connectivity index (χ0) is 17.4. The van der Waals surface area contributed by atoms with Crippen LogP contribution >= 0.6 is 35.8 Å². The summed E-state index contributed by atoms with van der Waals surface area (Å²) in [4.78, 5) is 35.5. The highest BCUT2D eigenvalue weighted by molar-refractivity contribution is 8.00. The topological polar surface area (TPSA) is 116 Å². The number of non-ortho nitro benzene ring substituents is 1. The third-order valence-corrected chi connectivity index (χ3v) is 5.45. The van der Waals surface area contributed by atoms with Gasteiger partial charge in [0, 0.05) is 17.9 Å². The van der Waals surface area contributed by atoms with Gasteiger partial charge in [0.05, 0.1) is 9.96 Å². The molecule has 1 fully saturated rings. The Bertz CT molecular complexity index is 755. The molecule has 8 nitrogen and oxygen atoms in total. The van der Waals surface area contributed by atoms with Crippen LogP contribution in [0.2, 0.25) is 0 Å². The van der Waals surface area contributed by atoms with E-state index in [1.807, 2.05) is 0 Å². The monoisotopic (exact) mass is 405 g/mol. The largest absolute Gasteiger partial charge is 0.456 e. The van der Waals surface area contributed by atoms with Crippen molar-refractivity contribution in [1.29, 1.82) is 0 Å². The van der Waals surface area contributed by atoms with Crippen molar-refractivity contribution in [2.45, 2.75) is 18.0 Å². The Balaban J connectivity index is 0.00000225. The van der Waals surface area contributed by atoms with E-state index in [0.29, 0.717) is 11.3 Å². The number of carbonyl (C=O) groups is 2. The molecule has 2 aliphatic rings. The van der Waals surface area contributed by atoms with Crippen molar-refractivity contribution in [3.8, 4) is 0 Å². The Kier molecular flexibility index (Phi) is 5.94. The first-order valence-corrected chi connectivity index (χ1v) is 8.32. The molecule has 11 heteroatoms. The van der Waals surface area contributed by atoms with E-state index in [4.69, 9.17) is 22.1 Å². The summed E-state index contributed by atoms with van der Waals surface area (Å²) >= 11 is 7.46. The number of amides is 1. The molecular weight excluding hydrogens is 393 g/mol. The van der Waals surface area contributed by atoms with E-state index in [-0.39, 0.29) is 46.7 Å². The Hall–Kier alpha value is -1.81. The van der Waals surface area contributed by atoms with Gasteiger partial charge in [-0.2, -0.15) is 0 Å². The number of nitrogens with two attached hydrogens (primary N) is 1. The minimum absolute atomic E-state index is 0. The summed E-state index contributed by atoms with van der Waals surface area (Å²) in [7, 11) is 0. The average Bonchev–Trinajstić information content (AvgIpc) is 2.59. The van der Waals surface area contributed by atoms with Gasteiger partial charge in [0.2, 0.25) is 5.91 Å². The van der Waals surface area contributed by atoms with E-state index in [0.717, 1.165) is 0 Å². The number of nitro benzene ring substituents is 1. The van der Waals surface area contributed by atoms with Crippen molar-refractivity contribution in [1.82, 2.24) is 4.90 Å². The number of ether oxygens (including phenoxy) is 1. The molecule has 2 heterocycles. The molecule has 25 heavy (non-hydrogen) atoms. The molecule has 0 aromatic heterocycles. The first-order chi connectivity index (χ1) is 11.4. The highest BCUT2D eigenvalue weighted by Gasteiger charge is 2.52. The van der Waals surface area contributed by atoms with Gasteiger partial charge in [-0.15, -0.1) is 24.2 Å². The zero-order valence-corrected chi connectivity index (χ0v) is 15.0. The van der Waals surface area contributed by atoms with Gasteiger partial charge in [0.1, 0.15) is 23.7 Å². The summed E-state index contributed by atoms with van der Waals surface area (Å²) in [5, 5.41) is 10.5. The molecule has 1 aromatic rings. The minimum atomic E-state index is -0.719. The summed E-state index contributed by atoms with van der Waals surface area (Å²) in [6.45, 7) is -0.0869. The van der Waals surface area contributed by atoms with E-state index in [9.17, 15) is 19.7 Å². The molecule has 3 rings (SSSR count). The smallest absolute Gasteiger partial charge is 0.356 e. The normalized spacial score (nSPS) is 21.8. The van der Waals surface area contributed by atoms with E-state index in [1.165, 1.54) is 40.9 Å². The molecule has 2 N–H and O–H groups in total. The van der Waals surface area contributed by atoms with Crippen LogP contribution in [0.4, 0.5) is 5.69 Å². The average molecular weight is 406 g/mol. The van der Waals surface area contributed by atoms with Crippen molar-refractivity contribution in [2.75, 3.05) is 5.75 Å². The van der Waals surface area contributed by atoms with Gasteiger partial charge in [-0.05, 0) is 17.7 Å². The second-order valence-corrected chi connectivity index (χ2v) is 6.75. The van der Waals surface area contributed by atoms with Crippen LogP contribution in [-0.2, 0) is 20.9 Å². The second kappa shape index (κ2) is 7.61. The molecule has 0 unspecified atom stereocenters. The fourth-order valence-corrected chi connectivity index (χ4v) is 3.89. The summed E-state index contributed by atoms with van der Waals surface area (Å²) in [5.41, 5.74) is 6.26. The summed E-state index contributed by atoms with van der Waals surface area (Å²) in [6, 6.07) is 4.98. The molecule has 134 valence electrons. The zero-order valence-electron chi connectivity index (χ0n) is 12.6. The molecule has 0 spiro atoms. The molecule has 0 bridgehead atoms. The van der Waals surface area contributed by atoms with Crippen LogP contribution in [0.1, 0.15) is 5.56 Å². The lowest BCUT2D eigenvalue weighted by Gasteiger charge is -2.47. The Morgan fingerprint density at radius 2 is 2.08 bits per heavy atom. The fraction of sp³-hybridized carbons (Fsp3) is 0.286. The van der Waals surface area contributed by atoms with Gasteiger partial charge in [0.15, 0.2) is 0 Å². The molecule has 0 saturated carbocycles. The Morgan fingerprint density at radius 1 is 1.44 bits per heavy atom. The van der Waals surface area contributed by atoms with E-state index < -0.39 is 16.9 Å². The minimum Gasteiger partial charge on any atom is -0.456 e. The van der Waals surface area contributed by atoms with Crippen LogP contribution in [-0.4, -0.2) is 38.9 Å². The van der Waals surface area contributed by atoms with Crippen LogP contribution in [0.15, 0.2) is 35.0 Å². The second-order valence-electron chi connectivity index (χ2n) is 5.19. The first kappa shape index (κ1) is 19.5. The lowest BCUT2D eigenvalue weighted by atomic mass is 10.1. The van der Waals surface area contributed by atoms with Crippen LogP contribution < -0.4 is 5.73 Å². The Morgan fingerprint density at radius 3 is 2.68 bits per heavy atom. The first-order valence-electron chi connectivity index (χ1n) is 6.89. The van der Waals surface area contributed by atoms with Gasteiger partial charge in [-0.25, -0.2) is 4.79 Å². The molecule has 0 radical (unpaired) electrons. The number of nitro groups is 1. The maximum absolute atomic E-state index is 12.3. The van der Waals surface area contributed by atoms with Gasteiger partial charge in [0.25, 0.3) is 5.69 Å². The molecule has 2 aliphatic heterocycles. The number of halogens is 2. The molecule has 1 saturated heterocycles. The molecule has 0 aliphatic carbocycles. The van der Waals surface area contributed by atoms with Crippen molar-refractivity contribution >= 4 is 53.3 Å². The van der Waals surface area contributed by atoms with Gasteiger partial charge >= 0.3 is 5.97 Å². The van der Waals surface area contributed by atoms with Crippen LogP contribution in [0.5, 0.6) is 0 Å². The third kappa shape index (κ3) is 3.59. The molecule has 1 amide bonds. The summed E-state index contributed by atoms with van der Waals surface area (Å²) in [6.07, 6.45) is 0. The number of carbonyl (C=O) groups excluding carboxylic acids is 2. The maximum atomic E-state index is 12.3. The maximum Gasteiger partial charge on any atom is 0.356 e. The fourth-order valence-electron chi connectivity index (χ4n) is 2.40. The predicted molar refractivity (Wildman–Crippen MR) is 94.1 cm³/mol. The number of nitrogens with zero attached hydrogens (tertiary/aromatic N) is 2. The van der Waals surface area contributed by atoms with E-state index in [1.54, 1.807) is 0 Å². The van der Waals surface area contributed by atoms with Gasteiger partial charge < -0.3 is 10.5 Å². The standard InChI is InChI=1S/C14H12ClN3O5S.ClH/c15-9-6-24-13-10(16)12(19)17(13)11(9)14(20)23-5-7-1-3-8(4-2-7)18(21)22;/h1-4,10,13H,5-6,16H2;1H/t10-,13+;/m0./s1. The SMILES string of the molecule is Cl.N[C@H]1C(=O)N2C(C(=O)OCc3ccc([N+](=O)[O-])cc3)=C(Cl)CS[C@H]12. The number of hydrogen-bond donors (Lipinski definition) is 1. The lowest BCUT2D eigenvalue weighted by molar-refractivity contribution is -0.384. The quantitative estimate of drug-likeness (QED) is 0.351. The van der Waals surface area contributed by atoms with E-state index >= 15 is 0 Å². The third-order valence-electron chi connectivity index (χ3n) is 3.67. The summed E-state index contributed by atoms with van der Waals surface area (Å²) in [5.74, 6) is -0.706. The number of thioether (sulfide) groups is 1. The van der Waals surface area contributed by atoms with Crippen molar-refractivity contribution in [2.24, 2.45) is 5.73 Å². The number of esters is 1. The number of rotatable bonds is 4. The number of fused-ring (bicyclic) bond motifs is 1.